The molecule has 2 aromatic carbocycles. The van der Waals surface area contributed by atoms with Gasteiger partial charge in [0.25, 0.3) is 5.91 Å². The fraction of sp³-hybridized carbons (Fsp3) is 0.111. The standard InChI is InChI=1S/C18H15ClN2O3/c19-12-5-3-4-11(8-12)16(22)10-20-18(24)14-9-17(23)21-15-7-2-1-6-13(14)15/h1-9,16,22H,10H2,(H,20,24)(H,21,23)/t16-/m0/s1. The van der Waals surface area contributed by atoms with E-state index < -0.39 is 12.0 Å². The summed E-state index contributed by atoms with van der Waals surface area (Å²) in [5.41, 5.74) is 1.12. The first-order chi connectivity index (χ1) is 11.5. The van der Waals surface area contributed by atoms with Gasteiger partial charge in [0.1, 0.15) is 0 Å². The Labute approximate surface area is 142 Å². The first-order valence-corrected chi connectivity index (χ1v) is 7.76. The van der Waals surface area contributed by atoms with Crippen molar-refractivity contribution >= 4 is 28.4 Å². The highest BCUT2D eigenvalue weighted by atomic mass is 35.5. The minimum atomic E-state index is -0.888. The van der Waals surface area contributed by atoms with Gasteiger partial charge in [-0.25, -0.2) is 0 Å². The van der Waals surface area contributed by atoms with Gasteiger partial charge in [0.15, 0.2) is 0 Å². The van der Waals surface area contributed by atoms with E-state index in [1.165, 1.54) is 6.07 Å². The Kier molecular flexibility index (Phi) is 4.64. The zero-order valence-electron chi connectivity index (χ0n) is 12.6. The monoisotopic (exact) mass is 342 g/mol. The number of aromatic amines is 1. The molecular formula is C18H15ClN2O3. The summed E-state index contributed by atoms with van der Waals surface area (Å²) in [6, 6.07) is 15.1. The van der Waals surface area contributed by atoms with Crippen LogP contribution >= 0.6 is 11.6 Å². The van der Waals surface area contributed by atoms with Gasteiger partial charge in [-0.2, -0.15) is 0 Å². The number of hydrogen-bond donors (Lipinski definition) is 3. The highest BCUT2D eigenvalue weighted by Gasteiger charge is 2.14. The van der Waals surface area contributed by atoms with Crippen molar-refractivity contribution in [2.24, 2.45) is 0 Å². The summed E-state index contributed by atoms with van der Waals surface area (Å²) in [5.74, 6) is -0.418. The second-order valence-electron chi connectivity index (χ2n) is 5.37. The number of carbonyl (C=O) groups is 1. The van der Waals surface area contributed by atoms with Crippen LogP contribution in [0, 0.1) is 0 Å². The Balaban J connectivity index is 1.79. The molecule has 0 aliphatic rings. The topological polar surface area (TPSA) is 82.2 Å². The number of aromatic nitrogens is 1. The summed E-state index contributed by atoms with van der Waals surface area (Å²) in [6.07, 6.45) is -0.888. The maximum absolute atomic E-state index is 12.4. The van der Waals surface area contributed by atoms with Crippen LogP contribution in [0.2, 0.25) is 5.02 Å². The fourth-order valence-corrected chi connectivity index (χ4v) is 2.71. The molecule has 0 unspecified atom stereocenters. The summed E-state index contributed by atoms with van der Waals surface area (Å²) in [6.45, 7) is 0.0142. The predicted octanol–water partition coefficient (Wildman–Crippen LogP) is 2.64. The quantitative estimate of drug-likeness (QED) is 0.681. The molecule has 1 amide bonds. The first kappa shape index (κ1) is 16.2. The number of carbonyl (C=O) groups excluding carboxylic acids is 1. The van der Waals surface area contributed by atoms with Gasteiger partial charge in [-0.3, -0.25) is 9.59 Å². The molecule has 6 heteroatoms. The zero-order chi connectivity index (χ0) is 17.1. The van der Waals surface area contributed by atoms with E-state index in [-0.39, 0.29) is 17.7 Å². The van der Waals surface area contributed by atoms with Gasteiger partial charge >= 0.3 is 0 Å². The third-order valence-electron chi connectivity index (χ3n) is 3.68. The van der Waals surface area contributed by atoms with Crippen LogP contribution in [0.15, 0.2) is 59.4 Å². The molecule has 3 aromatic rings. The predicted molar refractivity (Wildman–Crippen MR) is 93.3 cm³/mol. The Hall–Kier alpha value is -2.63. The first-order valence-electron chi connectivity index (χ1n) is 7.38. The van der Waals surface area contributed by atoms with E-state index in [0.717, 1.165) is 0 Å². The van der Waals surface area contributed by atoms with Crippen LogP contribution in [0.3, 0.4) is 0 Å². The molecule has 1 heterocycles. The van der Waals surface area contributed by atoms with Gasteiger partial charge in [-0.15, -0.1) is 0 Å². The summed E-state index contributed by atoms with van der Waals surface area (Å²) in [4.78, 5) is 26.8. The maximum atomic E-state index is 12.4. The number of nitrogens with one attached hydrogen (secondary N) is 2. The highest BCUT2D eigenvalue weighted by molar-refractivity contribution is 6.30. The number of amides is 1. The number of benzene rings is 2. The molecule has 0 spiro atoms. The van der Waals surface area contributed by atoms with E-state index in [1.54, 1.807) is 48.5 Å². The number of halogens is 1. The molecule has 0 radical (unpaired) electrons. The van der Waals surface area contributed by atoms with Crippen molar-refractivity contribution < 1.29 is 9.90 Å². The highest BCUT2D eigenvalue weighted by Crippen LogP contribution is 2.18. The lowest BCUT2D eigenvalue weighted by Gasteiger charge is -2.13. The number of pyridine rings is 1. The smallest absolute Gasteiger partial charge is 0.252 e. The van der Waals surface area contributed by atoms with Crippen LogP contribution in [0.4, 0.5) is 0 Å². The second kappa shape index (κ2) is 6.86. The van der Waals surface area contributed by atoms with Gasteiger partial charge in [0, 0.05) is 28.5 Å². The number of aliphatic hydroxyl groups excluding tert-OH is 1. The summed E-state index contributed by atoms with van der Waals surface area (Å²) >= 11 is 5.89. The molecule has 3 N–H and O–H groups in total. The van der Waals surface area contributed by atoms with Crippen LogP contribution < -0.4 is 10.9 Å². The molecule has 1 aromatic heterocycles. The molecule has 3 rings (SSSR count). The maximum Gasteiger partial charge on any atom is 0.252 e. The Morgan fingerprint density at radius 3 is 2.75 bits per heavy atom. The molecule has 24 heavy (non-hydrogen) atoms. The van der Waals surface area contributed by atoms with E-state index in [0.29, 0.717) is 21.5 Å². The molecule has 5 nitrogen and oxygen atoms in total. The van der Waals surface area contributed by atoms with Crippen molar-refractivity contribution in [1.29, 1.82) is 0 Å². The SMILES string of the molecule is O=C(NC[C@H](O)c1cccc(Cl)c1)c1cc(=O)[nH]c2ccccc12. The molecule has 0 aliphatic heterocycles. The van der Waals surface area contributed by atoms with E-state index in [1.807, 2.05) is 0 Å². The molecular weight excluding hydrogens is 328 g/mol. The molecule has 0 aliphatic carbocycles. The Bertz CT molecular complexity index is 952. The minimum absolute atomic E-state index is 0.0142. The van der Waals surface area contributed by atoms with Crippen LogP contribution in [-0.2, 0) is 0 Å². The summed E-state index contributed by atoms with van der Waals surface area (Å²) in [7, 11) is 0. The summed E-state index contributed by atoms with van der Waals surface area (Å²) < 4.78 is 0. The van der Waals surface area contributed by atoms with Crippen molar-refractivity contribution in [2.45, 2.75) is 6.10 Å². The average Bonchev–Trinajstić information content (AvgIpc) is 2.58. The van der Waals surface area contributed by atoms with Crippen LogP contribution in [0.25, 0.3) is 10.9 Å². The molecule has 0 saturated heterocycles. The third-order valence-corrected chi connectivity index (χ3v) is 3.92. The van der Waals surface area contributed by atoms with Gasteiger partial charge < -0.3 is 15.4 Å². The fourth-order valence-electron chi connectivity index (χ4n) is 2.51. The lowest BCUT2D eigenvalue weighted by molar-refractivity contribution is 0.0918. The van der Waals surface area contributed by atoms with Crippen molar-refractivity contribution in [1.82, 2.24) is 10.3 Å². The number of para-hydroxylation sites is 1. The molecule has 0 saturated carbocycles. The van der Waals surface area contributed by atoms with Gasteiger partial charge in [0.2, 0.25) is 5.56 Å². The molecule has 0 bridgehead atoms. The van der Waals surface area contributed by atoms with Crippen molar-refractivity contribution in [3.05, 3.63) is 81.1 Å². The van der Waals surface area contributed by atoms with Gasteiger partial charge in [-0.1, -0.05) is 41.9 Å². The van der Waals surface area contributed by atoms with E-state index in [9.17, 15) is 14.7 Å². The van der Waals surface area contributed by atoms with Gasteiger partial charge in [0.05, 0.1) is 11.7 Å². The molecule has 0 fully saturated rings. The lowest BCUT2D eigenvalue weighted by Crippen LogP contribution is -2.29. The zero-order valence-corrected chi connectivity index (χ0v) is 13.4. The lowest BCUT2D eigenvalue weighted by atomic mass is 10.1. The van der Waals surface area contributed by atoms with Gasteiger partial charge in [-0.05, 0) is 23.8 Å². The average molecular weight is 343 g/mol. The minimum Gasteiger partial charge on any atom is -0.387 e. The number of aliphatic hydroxyl groups is 1. The number of hydrogen-bond acceptors (Lipinski definition) is 3. The largest absolute Gasteiger partial charge is 0.387 e. The van der Waals surface area contributed by atoms with E-state index >= 15 is 0 Å². The Morgan fingerprint density at radius 2 is 1.96 bits per heavy atom. The van der Waals surface area contributed by atoms with E-state index in [4.69, 9.17) is 11.6 Å². The van der Waals surface area contributed by atoms with Crippen molar-refractivity contribution in [3.63, 3.8) is 0 Å². The molecule has 1 atom stereocenters. The van der Waals surface area contributed by atoms with Crippen LogP contribution in [0.1, 0.15) is 22.0 Å². The van der Waals surface area contributed by atoms with Crippen molar-refractivity contribution in [3.8, 4) is 0 Å². The summed E-state index contributed by atoms with van der Waals surface area (Å²) in [5, 5.41) is 14.0. The normalized spacial score (nSPS) is 12.1. The number of rotatable bonds is 4. The number of H-pyrrole nitrogens is 1. The van der Waals surface area contributed by atoms with E-state index in [2.05, 4.69) is 10.3 Å². The third kappa shape index (κ3) is 3.48. The Morgan fingerprint density at radius 1 is 1.17 bits per heavy atom. The molecule has 122 valence electrons. The van der Waals surface area contributed by atoms with Crippen molar-refractivity contribution in [2.75, 3.05) is 6.54 Å². The number of fused-ring (bicyclic) bond motifs is 1. The second-order valence-corrected chi connectivity index (χ2v) is 5.81. The van der Waals surface area contributed by atoms with Crippen LogP contribution in [0.5, 0.6) is 0 Å². The van der Waals surface area contributed by atoms with Crippen LogP contribution in [-0.4, -0.2) is 22.5 Å².